The number of hydrogen-bond donors (Lipinski definition) is 1. The maximum Gasteiger partial charge on any atom is 0.335 e. The average Bonchev–Trinajstić information content (AvgIpc) is 3.03. The van der Waals surface area contributed by atoms with Gasteiger partial charge in [-0.2, -0.15) is 11.8 Å². The van der Waals surface area contributed by atoms with Crippen LogP contribution in [0.25, 0.3) is 11.0 Å². The van der Waals surface area contributed by atoms with E-state index in [1.54, 1.807) is 12.1 Å². The molecule has 3 rings (SSSR count). The summed E-state index contributed by atoms with van der Waals surface area (Å²) < 4.78 is 2.33. The molecule has 1 aliphatic heterocycles. The number of carbonyl (C=O) groups is 1. The van der Waals surface area contributed by atoms with Crippen LogP contribution in [0.4, 0.5) is 0 Å². The van der Waals surface area contributed by atoms with E-state index >= 15 is 0 Å². The molecule has 1 unspecified atom stereocenters. The highest BCUT2D eigenvalue weighted by atomic mass is 32.2. The average molecular weight is 304 g/mol. The minimum absolute atomic E-state index is 0.0599. The summed E-state index contributed by atoms with van der Waals surface area (Å²) in [5, 5.41) is 9.15. The van der Waals surface area contributed by atoms with Crippen LogP contribution in [0.3, 0.4) is 0 Å². The molecule has 0 spiro atoms. The van der Waals surface area contributed by atoms with Crippen molar-refractivity contribution >= 4 is 28.8 Å². The van der Waals surface area contributed by atoms with Crippen molar-refractivity contribution in [2.75, 3.05) is 11.5 Å². The summed E-state index contributed by atoms with van der Waals surface area (Å²) in [6.07, 6.45) is 1.15. The fraction of sp³-hybridized carbons (Fsp3) is 0.500. The summed E-state index contributed by atoms with van der Waals surface area (Å²) in [6.45, 7) is 6.47. The quantitative estimate of drug-likeness (QED) is 0.919. The molecule has 0 amide bonds. The summed E-state index contributed by atoms with van der Waals surface area (Å²) >= 11 is 1.97. The first-order valence-electron chi connectivity index (χ1n) is 7.21. The van der Waals surface area contributed by atoms with E-state index in [-0.39, 0.29) is 5.41 Å². The summed E-state index contributed by atoms with van der Waals surface area (Å²) in [5.41, 5.74) is 2.08. The number of rotatable bonds is 2. The van der Waals surface area contributed by atoms with Crippen molar-refractivity contribution in [3.63, 3.8) is 0 Å². The van der Waals surface area contributed by atoms with Crippen molar-refractivity contribution in [2.24, 2.45) is 0 Å². The van der Waals surface area contributed by atoms with E-state index in [1.165, 1.54) is 5.75 Å². The summed E-state index contributed by atoms with van der Waals surface area (Å²) in [4.78, 5) is 15.9. The standard InChI is InChI=1S/C16H20N2O2S/c1-16(2,3)15-17-12-8-10(14(19)20)4-5-13(12)18(15)11-6-7-21-9-11/h4-5,8,11H,6-7,9H2,1-3H3,(H,19,20). The van der Waals surface area contributed by atoms with Gasteiger partial charge in [0, 0.05) is 17.2 Å². The zero-order valence-electron chi connectivity index (χ0n) is 12.6. The van der Waals surface area contributed by atoms with Crippen molar-refractivity contribution < 1.29 is 9.90 Å². The first-order valence-corrected chi connectivity index (χ1v) is 8.37. The van der Waals surface area contributed by atoms with Crippen LogP contribution in [-0.4, -0.2) is 32.1 Å². The van der Waals surface area contributed by atoms with Gasteiger partial charge in [0.1, 0.15) is 5.82 Å². The Morgan fingerprint density at radius 2 is 2.19 bits per heavy atom. The Morgan fingerprint density at radius 3 is 2.76 bits per heavy atom. The molecule has 1 aromatic heterocycles. The normalized spacial score (nSPS) is 19.3. The number of aromatic carboxylic acids is 1. The van der Waals surface area contributed by atoms with Crippen LogP contribution in [0.15, 0.2) is 18.2 Å². The Balaban J connectivity index is 2.23. The van der Waals surface area contributed by atoms with Crippen molar-refractivity contribution in [1.82, 2.24) is 9.55 Å². The number of carboxylic acid groups (broad SMARTS) is 1. The number of imidazole rings is 1. The van der Waals surface area contributed by atoms with Crippen molar-refractivity contribution in [1.29, 1.82) is 0 Å². The summed E-state index contributed by atoms with van der Waals surface area (Å²) in [5.74, 6) is 2.43. The number of hydrogen-bond acceptors (Lipinski definition) is 3. The second-order valence-corrected chi connectivity index (χ2v) is 7.73. The third-order valence-corrected chi connectivity index (χ3v) is 5.02. The number of thioether (sulfide) groups is 1. The fourth-order valence-electron chi connectivity index (χ4n) is 2.86. The molecule has 0 saturated carbocycles. The summed E-state index contributed by atoms with van der Waals surface area (Å²) in [6, 6.07) is 5.73. The molecule has 2 aromatic rings. The molecular weight excluding hydrogens is 284 g/mol. The van der Waals surface area contributed by atoms with E-state index in [9.17, 15) is 4.79 Å². The Bertz CT molecular complexity index is 694. The van der Waals surface area contributed by atoms with Gasteiger partial charge in [-0.1, -0.05) is 20.8 Å². The van der Waals surface area contributed by atoms with Gasteiger partial charge in [-0.15, -0.1) is 0 Å². The SMILES string of the molecule is CC(C)(C)c1nc2cc(C(=O)O)ccc2n1C1CCSC1. The highest BCUT2D eigenvalue weighted by molar-refractivity contribution is 7.99. The predicted molar refractivity (Wildman–Crippen MR) is 86.4 cm³/mol. The molecule has 1 N–H and O–H groups in total. The molecule has 1 fully saturated rings. The molecule has 0 aliphatic carbocycles. The molecule has 4 nitrogen and oxygen atoms in total. The molecule has 1 aromatic carbocycles. The largest absolute Gasteiger partial charge is 0.478 e. The molecule has 1 aliphatic rings. The van der Waals surface area contributed by atoms with E-state index in [2.05, 4.69) is 25.3 Å². The first-order chi connectivity index (χ1) is 9.88. The third-order valence-electron chi connectivity index (χ3n) is 3.88. The minimum Gasteiger partial charge on any atom is -0.478 e. The van der Waals surface area contributed by atoms with Crippen molar-refractivity contribution in [2.45, 2.75) is 38.6 Å². The minimum atomic E-state index is -0.903. The van der Waals surface area contributed by atoms with Crippen LogP contribution >= 0.6 is 11.8 Å². The Kier molecular flexibility index (Phi) is 3.48. The zero-order valence-corrected chi connectivity index (χ0v) is 13.4. The van der Waals surface area contributed by atoms with Crippen LogP contribution in [0.1, 0.15) is 49.4 Å². The second kappa shape index (κ2) is 5.05. The molecule has 1 saturated heterocycles. The van der Waals surface area contributed by atoms with E-state index < -0.39 is 5.97 Å². The fourth-order valence-corrected chi connectivity index (χ4v) is 4.05. The Labute approximate surface area is 128 Å². The molecule has 21 heavy (non-hydrogen) atoms. The molecule has 112 valence electrons. The number of carboxylic acids is 1. The number of nitrogens with zero attached hydrogens (tertiary/aromatic N) is 2. The van der Waals surface area contributed by atoms with Crippen LogP contribution in [0, 0.1) is 0 Å². The lowest BCUT2D eigenvalue weighted by atomic mass is 9.95. The van der Waals surface area contributed by atoms with Gasteiger partial charge < -0.3 is 9.67 Å². The van der Waals surface area contributed by atoms with Crippen molar-refractivity contribution in [3.8, 4) is 0 Å². The first kappa shape index (κ1) is 14.4. The maximum absolute atomic E-state index is 11.2. The molecular formula is C16H20N2O2S. The predicted octanol–water partition coefficient (Wildman–Crippen LogP) is 3.71. The number of fused-ring (bicyclic) bond motifs is 1. The number of aromatic nitrogens is 2. The third kappa shape index (κ3) is 2.55. The zero-order chi connectivity index (χ0) is 15.2. The molecule has 0 radical (unpaired) electrons. The van der Waals surface area contributed by atoms with Gasteiger partial charge in [-0.05, 0) is 30.4 Å². The molecule has 1 atom stereocenters. The van der Waals surface area contributed by atoms with E-state index in [0.717, 1.165) is 29.0 Å². The van der Waals surface area contributed by atoms with Crippen LogP contribution in [0.2, 0.25) is 0 Å². The van der Waals surface area contributed by atoms with Gasteiger partial charge in [0.2, 0.25) is 0 Å². The van der Waals surface area contributed by atoms with E-state index in [4.69, 9.17) is 10.1 Å². The van der Waals surface area contributed by atoms with E-state index in [0.29, 0.717) is 11.6 Å². The Hall–Kier alpha value is -1.49. The van der Waals surface area contributed by atoms with Gasteiger partial charge in [-0.25, -0.2) is 9.78 Å². The van der Waals surface area contributed by atoms with Crippen LogP contribution in [0.5, 0.6) is 0 Å². The Morgan fingerprint density at radius 1 is 1.43 bits per heavy atom. The van der Waals surface area contributed by atoms with E-state index in [1.807, 2.05) is 17.8 Å². The molecule has 2 heterocycles. The molecule has 5 heteroatoms. The summed E-state index contributed by atoms with van der Waals surface area (Å²) in [7, 11) is 0. The smallest absolute Gasteiger partial charge is 0.335 e. The van der Waals surface area contributed by atoms with Gasteiger partial charge in [-0.3, -0.25) is 0 Å². The highest BCUT2D eigenvalue weighted by Crippen LogP contribution is 2.36. The van der Waals surface area contributed by atoms with Gasteiger partial charge in [0.25, 0.3) is 0 Å². The lowest BCUT2D eigenvalue weighted by Crippen LogP contribution is -2.22. The van der Waals surface area contributed by atoms with Gasteiger partial charge in [0.15, 0.2) is 0 Å². The monoisotopic (exact) mass is 304 g/mol. The molecule has 0 bridgehead atoms. The number of benzene rings is 1. The van der Waals surface area contributed by atoms with Gasteiger partial charge in [0.05, 0.1) is 16.6 Å². The lowest BCUT2D eigenvalue weighted by Gasteiger charge is -2.23. The second-order valence-electron chi connectivity index (χ2n) is 6.58. The topological polar surface area (TPSA) is 55.1 Å². The van der Waals surface area contributed by atoms with Crippen LogP contribution < -0.4 is 0 Å². The lowest BCUT2D eigenvalue weighted by molar-refractivity contribution is 0.0697. The van der Waals surface area contributed by atoms with Crippen molar-refractivity contribution in [3.05, 3.63) is 29.6 Å². The maximum atomic E-state index is 11.2. The van der Waals surface area contributed by atoms with Gasteiger partial charge >= 0.3 is 5.97 Å². The van der Waals surface area contributed by atoms with Crippen LogP contribution in [-0.2, 0) is 5.41 Å². The highest BCUT2D eigenvalue weighted by Gasteiger charge is 2.29.